The Morgan fingerprint density at radius 2 is 1.96 bits per heavy atom. The van der Waals surface area contributed by atoms with E-state index in [1.807, 2.05) is 0 Å². The van der Waals surface area contributed by atoms with Gasteiger partial charge in [-0.05, 0) is 50.9 Å². The van der Waals surface area contributed by atoms with E-state index in [2.05, 4.69) is 10.1 Å². The van der Waals surface area contributed by atoms with Gasteiger partial charge in [0.1, 0.15) is 16.9 Å². The van der Waals surface area contributed by atoms with Crippen LogP contribution in [0.4, 0.5) is 13.2 Å². The Labute approximate surface area is 148 Å². The fraction of sp³-hybridized carbons (Fsp3) is 0.533. The second kappa shape index (κ2) is 7.07. The number of hydrogen-bond acceptors (Lipinski definition) is 4. The molecule has 1 saturated carbocycles. The van der Waals surface area contributed by atoms with Crippen molar-refractivity contribution in [3.05, 3.63) is 28.8 Å². The molecule has 0 heterocycles. The summed E-state index contributed by atoms with van der Waals surface area (Å²) in [7, 11) is 1.53. The molecule has 9 heteroatoms. The molecular weight excluding hydrogens is 370 g/mol. The number of Topliss-reactive ketones (excluding diaryl/α,β-unsaturated/α-hetero) is 1. The summed E-state index contributed by atoms with van der Waals surface area (Å²) in [5.74, 6) is -1.07. The van der Waals surface area contributed by atoms with Gasteiger partial charge in [-0.2, -0.15) is 0 Å². The van der Waals surface area contributed by atoms with Crippen molar-refractivity contribution in [3.8, 4) is 5.75 Å². The summed E-state index contributed by atoms with van der Waals surface area (Å²) in [6, 6.07) is 3.79. The summed E-state index contributed by atoms with van der Waals surface area (Å²) in [5, 5.41) is 12.9. The minimum absolute atomic E-state index is 0. The van der Waals surface area contributed by atoms with Crippen LogP contribution in [0.2, 0.25) is 5.02 Å². The Kier molecular flexibility index (Phi) is 6.20. The molecule has 1 fully saturated rings. The highest BCUT2D eigenvalue weighted by atomic mass is 35.5. The monoisotopic (exact) mass is 387 g/mol. The number of alkyl halides is 3. The van der Waals surface area contributed by atoms with Crippen molar-refractivity contribution in [2.75, 3.05) is 7.05 Å². The topological polar surface area (TPSA) is 58.6 Å². The number of carbonyl (C=O) groups is 1. The quantitative estimate of drug-likeness (QED) is 0.831. The molecule has 0 saturated heterocycles. The predicted octanol–water partition coefficient (Wildman–Crippen LogP) is 3.58. The molecule has 1 aliphatic rings. The fourth-order valence-electron chi connectivity index (χ4n) is 3.01. The van der Waals surface area contributed by atoms with Crippen LogP contribution in [0.15, 0.2) is 18.2 Å². The minimum Gasteiger partial charge on any atom is -0.404 e. The zero-order valence-electron chi connectivity index (χ0n) is 13.0. The van der Waals surface area contributed by atoms with E-state index in [-0.39, 0.29) is 23.0 Å². The van der Waals surface area contributed by atoms with E-state index in [1.54, 1.807) is 0 Å². The van der Waals surface area contributed by atoms with Crippen LogP contribution in [-0.4, -0.2) is 29.9 Å². The molecular formula is C15H18Cl2F3NO3. The summed E-state index contributed by atoms with van der Waals surface area (Å²) in [4.78, 5) is 12.7. The summed E-state index contributed by atoms with van der Waals surface area (Å²) in [6.07, 6.45) is -3.70. The van der Waals surface area contributed by atoms with Gasteiger partial charge in [0.2, 0.25) is 0 Å². The van der Waals surface area contributed by atoms with Crippen LogP contribution < -0.4 is 10.1 Å². The molecule has 0 spiro atoms. The maximum Gasteiger partial charge on any atom is 0.573 e. The van der Waals surface area contributed by atoms with Gasteiger partial charge in [-0.3, -0.25) is 4.79 Å². The van der Waals surface area contributed by atoms with Crippen LogP contribution >= 0.6 is 24.0 Å². The number of nitrogens with one attached hydrogen (secondary N) is 1. The van der Waals surface area contributed by atoms with E-state index < -0.39 is 29.0 Å². The van der Waals surface area contributed by atoms with Crippen molar-refractivity contribution in [1.82, 2.24) is 5.32 Å². The Morgan fingerprint density at radius 3 is 2.50 bits per heavy atom. The van der Waals surface area contributed by atoms with Crippen LogP contribution in [0, 0.1) is 0 Å². The van der Waals surface area contributed by atoms with Crippen molar-refractivity contribution in [3.63, 3.8) is 0 Å². The number of rotatable bonds is 3. The first-order chi connectivity index (χ1) is 10.5. The summed E-state index contributed by atoms with van der Waals surface area (Å²) in [5.41, 5.74) is -2.56. The first-order valence-electron chi connectivity index (χ1n) is 7.04. The molecule has 1 aliphatic carbocycles. The van der Waals surface area contributed by atoms with E-state index in [0.29, 0.717) is 19.3 Å². The third-order valence-electron chi connectivity index (χ3n) is 4.17. The van der Waals surface area contributed by atoms with Gasteiger partial charge in [0.05, 0.1) is 5.02 Å². The van der Waals surface area contributed by atoms with Crippen LogP contribution in [0.5, 0.6) is 5.75 Å². The number of ketones is 1. The maximum absolute atomic E-state index is 12.7. The average Bonchev–Trinajstić information content (AvgIpc) is 2.43. The molecule has 4 nitrogen and oxygen atoms in total. The molecule has 24 heavy (non-hydrogen) atoms. The van der Waals surface area contributed by atoms with Gasteiger partial charge >= 0.3 is 6.36 Å². The molecule has 0 bridgehead atoms. The van der Waals surface area contributed by atoms with E-state index in [9.17, 15) is 23.1 Å². The number of halogens is 5. The zero-order chi connectivity index (χ0) is 17.5. The maximum atomic E-state index is 12.7. The lowest BCUT2D eigenvalue weighted by Gasteiger charge is -2.42. The number of aliphatic hydroxyl groups is 1. The Hall–Kier alpha value is -1.02. The van der Waals surface area contributed by atoms with Crippen molar-refractivity contribution in [2.24, 2.45) is 0 Å². The van der Waals surface area contributed by atoms with Crippen LogP contribution in [0.3, 0.4) is 0 Å². The van der Waals surface area contributed by atoms with E-state index in [0.717, 1.165) is 6.07 Å². The highest BCUT2D eigenvalue weighted by Crippen LogP contribution is 2.41. The smallest absolute Gasteiger partial charge is 0.404 e. The molecule has 1 aromatic carbocycles. The lowest BCUT2D eigenvalue weighted by atomic mass is 9.69. The molecule has 0 aromatic heterocycles. The van der Waals surface area contributed by atoms with E-state index in [1.165, 1.54) is 26.1 Å². The highest BCUT2D eigenvalue weighted by molar-refractivity contribution is 6.32. The molecule has 1 aromatic rings. The third-order valence-corrected chi connectivity index (χ3v) is 4.48. The molecule has 2 unspecified atom stereocenters. The lowest BCUT2D eigenvalue weighted by Crippen LogP contribution is -2.59. The van der Waals surface area contributed by atoms with E-state index in [4.69, 9.17) is 11.6 Å². The molecule has 0 aliphatic heterocycles. The average molecular weight is 388 g/mol. The van der Waals surface area contributed by atoms with Gasteiger partial charge in [-0.25, -0.2) is 0 Å². The first kappa shape index (κ1) is 21.0. The molecule has 2 rings (SSSR count). The summed E-state index contributed by atoms with van der Waals surface area (Å²) in [6.45, 7) is 1.41. The number of hydrogen-bond donors (Lipinski definition) is 2. The van der Waals surface area contributed by atoms with Gasteiger partial charge in [-0.1, -0.05) is 17.7 Å². The van der Waals surface area contributed by atoms with Gasteiger partial charge in [0.15, 0.2) is 5.78 Å². The van der Waals surface area contributed by atoms with Gasteiger partial charge in [-0.15, -0.1) is 25.6 Å². The van der Waals surface area contributed by atoms with Gasteiger partial charge in [0.25, 0.3) is 0 Å². The first-order valence-corrected chi connectivity index (χ1v) is 7.42. The normalized spacial score (nSPS) is 27.5. The zero-order valence-corrected chi connectivity index (χ0v) is 14.6. The summed E-state index contributed by atoms with van der Waals surface area (Å²) >= 11 is 5.74. The molecule has 0 amide bonds. The second-order valence-electron chi connectivity index (χ2n) is 5.80. The fourth-order valence-corrected chi connectivity index (χ4v) is 3.17. The van der Waals surface area contributed by atoms with Crippen LogP contribution in [-0.2, 0) is 10.3 Å². The standard InChI is InChI=1S/C15H17ClF3NO3.ClH/c1-13(22)6-3-7-14(20-2,12(13)21)9-4-5-10(16)11(8-9)23-15(17,18)19;/h4-5,8,20,22H,3,6-7H2,1-2H3;1H. The number of benzene rings is 1. The SMILES string of the molecule is CNC1(c2ccc(Cl)c(OC(F)(F)F)c2)CCCC(C)(O)C1=O.Cl. The number of likely N-dealkylation sites (N-methyl/N-ethyl adjacent to an activating group) is 1. The van der Waals surface area contributed by atoms with Crippen LogP contribution in [0.25, 0.3) is 0 Å². The van der Waals surface area contributed by atoms with E-state index >= 15 is 0 Å². The minimum atomic E-state index is -4.89. The molecule has 0 radical (unpaired) electrons. The molecule has 2 N–H and O–H groups in total. The third kappa shape index (κ3) is 3.96. The Morgan fingerprint density at radius 1 is 1.33 bits per heavy atom. The number of carbonyl (C=O) groups excluding carboxylic acids is 1. The lowest BCUT2D eigenvalue weighted by molar-refractivity contribution is -0.274. The summed E-state index contributed by atoms with van der Waals surface area (Å²) < 4.78 is 41.3. The number of ether oxygens (including phenoxy) is 1. The highest BCUT2D eigenvalue weighted by Gasteiger charge is 2.50. The molecule has 2 atom stereocenters. The second-order valence-corrected chi connectivity index (χ2v) is 6.21. The largest absolute Gasteiger partial charge is 0.573 e. The Bertz CT molecular complexity index is 622. The van der Waals surface area contributed by atoms with Crippen molar-refractivity contribution >= 4 is 29.8 Å². The van der Waals surface area contributed by atoms with Crippen molar-refractivity contribution in [1.29, 1.82) is 0 Å². The van der Waals surface area contributed by atoms with Gasteiger partial charge < -0.3 is 15.2 Å². The predicted molar refractivity (Wildman–Crippen MR) is 85.6 cm³/mol. The van der Waals surface area contributed by atoms with Crippen molar-refractivity contribution in [2.45, 2.75) is 43.7 Å². The van der Waals surface area contributed by atoms with Crippen molar-refractivity contribution < 1.29 is 27.8 Å². The Balaban J connectivity index is 0.00000288. The van der Waals surface area contributed by atoms with Crippen LogP contribution in [0.1, 0.15) is 31.7 Å². The molecule has 136 valence electrons. The van der Waals surface area contributed by atoms with Gasteiger partial charge in [0, 0.05) is 0 Å².